The number of aryl methyl sites for hydroxylation is 1. The number of carbonyl (C=O) groups excluding carboxylic acids is 1. The maximum absolute atomic E-state index is 13.5. The molecule has 0 spiro atoms. The molecule has 102 valence electrons. The van der Waals surface area contributed by atoms with Gasteiger partial charge < -0.3 is 10.4 Å². The summed E-state index contributed by atoms with van der Waals surface area (Å²) in [5.74, 6) is -2.76. The van der Waals surface area contributed by atoms with Crippen molar-refractivity contribution in [2.24, 2.45) is 0 Å². The molecular formula is C14H11FN2O3. The zero-order chi connectivity index (χ0) is 14.7. The molecule has 2 aromatic rings. The number of pyridine rings is 1. The number of hydrogen-bond donors (Lipinski definition) is 2. The van der Waals surface area contributed by atoms with E-state index < -0.39 is 23.3 Å². The first-order valence-corrected chi connectivity index (χ1v) is 5.75. The molecule has 1 heterocycles. The number of nitrogens with one attached hydrogen (secondary N) is 1. The molecule has 0 aliphatic heterocycles. The zero-order valence-corrected chi connectivity index (χ0v) is 10.6. The largest absolute Gasteiger partial charge is 0.478 e. The van der Waals surface area contributed by atoms with Crippen LogP contribution in [-0.4, -0.2) is 22.0 Å². The van der Waals surface area contributed by atoms with E-state index in [1.54, 1.807) is 19.1 Å². The van der Waals surface area contributed by atoms with Gasteiger partial charge in [-0.2, -0.15) is 0 Å². The van der Waals surface area contributed by atoms with E-state index in [-0.39, 0.29) is 11.4 Å². The number of amides is 1. The van der Waals surface area contributed by atoms with Crippen molar-refractivity contribution < 1.29 is 19.1 Å². The van der Waals surface area contributed by atoms with E-state index in [1.165, 1.54) is 12.1 Å². The molecule has 0 aliphatic carbocycles. The fourth-order valence-corrected chi connectivity index (χ4v) is 1.63. The predicted octanol–water partition coefficient (Wildman–Crippen LogP) is 2.48. The Labute approximate surface area is 114 Å². The summed E-state index contributed by atoms with van der Waals surface area (Å²) in [5.41, 5.74) is 0.607. The summed E-state index contributed by atoms with van der Waals surface area (Å²) >= 11 is 0. The van der Waals surface area contributed by atoms with E-state index in [4.69, 9.17) is 5.11 Å². The summed E-state index contributed by atoms with van der Waals surface area (Å²) in [5, 5.41) is 11.2. The topological polar surface area (TPSA) is 79.3 Å². The highest BCUT2D eigenvalue weighted by molar-refractivity contribution is 6.03. The Morgan fingerprint density at radius 2 is 2.00 bits per heavy atom. The van der Waals surface area contributed by atoms with E-state index in [1.807, 2.05) is 0 Å². The normalized spacial score (nSPS) is 10.1. The number of carboxylic acids is 1. The molecule has 0 unspecified atom stereocenters. The minimum atomic E-state index is -1.36. The van der Waals surface area contributed by atoms with Gasteiger partial charge in [-0.3, -0.25) is 4.79 Å². The van der Waals surface area contributed by atoms with Crippen LogP contribution in [0.2, 0.25) is 0 Å². The maximum atomic E-state index is 13.5. The SMILES string of the molecule is Cc1cccc(C(=O)Nc2ccc(C(=O)O)c(F)c2)n1. The van der Waals surface area contributed by atoms with Gasteiger partial charge in [-0.15, -0.1) is 0 Å². The van der Waals surface area contributed by atoms with Gasteiger partial charge in [0.25, 0.3) is 5.91 Å². The second kappa shape index (κ2) is 5.48. The van der Waals surface area contributed by atoms with Crippen molar-refractivity contribution in [1.82, 2.24) is 4.98 Å². The van der Waals surface area contributed by atoms with Crippen LogP contribution in [0.4, 0.5) is 10.1 Å². The van der Waals surface area contributed by atoms with Crippen LogP contribution in [0.1, 0.15) is 26.5 Å². The van der Waals surface area contributed by atoms with E-state index in [0.717, 1.165) is 12.1 Å². The molecule has 0 saturated heterocycles. The molecule has 0 saturated carbocycles. The van der Waals surface area contributed by atoms with E-state index in [9.17, 15) is 14.0 Å². The molecule has 5 nitrogen and oxygen atoms in total. The van der Waals surface area contributed by atoms with Crippen molar-refractivity contribution in [3.05, 3.63) is 59.2 Å². The van der Waals surface area contributed by atoms with Crippen molar-refractivity contribution in [2.45, 2.75) is 6.92 Å². The van der Waals surface area contributed by atoms with Crippen molar-refractivity contribution >= 4 is 17.6 Å². The average Bonchev–Trinajstić information content (AvgIpc) is 2.38. The van der Waals surface area contributed by atoms with Crippen molar-refractivity contribution in [2.75, 3.05) is 5.32 Å². The third-order valence-electron chi connectivity index (χ3n) is 2.58. The minimum Gasteiger partial charge on any atom is -0.478 e. The summed E-state index contributed by atoms with van der Waals surface area (Å²) in [7, 11) is 0. The third kappa shape index (κ3) is 2.97. The Hall–Kier alpha value is -2.76. The summed E-state index contributed by atoms with van der Waals surface area (Å²) < 4.78 is 13.5. The number of carboxylic acid groups (broad SMARTS) is 1. The number of aromatic carboxylic acids is 1. The number of halogens is 1. The summed E-state index contributed by atoms with van der Waals surface area (Å²) in [6.45, 7) is 1.75. The Balaban J connectivity index is 2.20. The molecule has 1 aromatic heterocycles. The number of rotatable bonds is 3. The molecule has 0 aliphatic rings. The number of anilines is 1. The minimum absolute atomic E-state index is 0.167. The van der Waals surface area contributed by atoms with Gasteiger partial charge >= 0.3 is 5.97 Å². The lowest BCUT2D eigenvalue weighted by Crippen LogP contribution is -2.14. The van der Waals surface area contributed by atoms with Gasteiger partial charge in [0.1, 0.15) is 11.5 Å². The number of aromatic nitrogens is 1. The monoisotopic (exact) mass is 274 g/mol. The van der Waals surface area contributed by atoms with Gasteiger partial charge in [0.05, 0.1) is 5.56 Å². The molecule has 20 heavy (non-hydrogen) atoms. The second-order valence-corrected chi connectivity index (χ2v) is 4.12. The molecule has 2 N–H and O–H groups in total. The fourth-order valence-electron chi connectivity index (χ4n) is 1.63. The van der Waals surface area contributed by atoms with E-state index in [0.29, 0.717) is 5.69 Å². The Bertz CT molecular complexity index is 686. The first-order chi connectivity index (χ1) is 9.47. The molecular weight excluding hydrogens is 263 g/mol. The quantitative estimate of drug-likeness (QED) is 0.901. The molecule has 6 heteroatoms. The van der Waals surface area contributed by atoms with Gasteiger partial charge in [0.2, 0.25) is 0 Å². The predicted molar refractivity (Wildman–Crippen MR) is 70.3 cm³/mol. The highest BCUT2D eigenvalue weighted by Crippen LogP contribution is 2.15. The smallest absolute Gasteiger partial charge is 0.338 e. The van der Waals surface area contributed by atoms with Crippen LogP contribution in [0, 0.1) is 12.7 Å². The lowest BCUT2D eigenvalue weighted by atomic mass is 10.2. The van der Waals surface area contributed by atoms with E-state index in [2.05, 4.69) is 10.3 Å². The summed E-state index contributed by atoms with van der Waals surface area (Å²) in [6.07, 6.45) is 0. The first kappa shape index (κ1) is 13.7. The standard InChI is InChI=1S/C14H11FN2O3/c1-8-3-2-4-12(16-8)13(18)17-9-5-6-10(14(19)20)11(15)7-9/h2-7H,1H3,(H,17,18)(H,19,20). The summed E-state index contributed by atoms with van der Waals surface area (Å²) in [6, 6.07) is 8.34. The van der Waals surface area contributed by atoms with Gasteiger partial charge in [0.15, 0.2) is 0 Å². The highest BCUT2D eigenvalue weighted by atomic mass is 19.1. The second-order valence-electron chi connectivity index (χ2n) is 4.12. The number of hydrogen-bond acceptors (Lipinski definition) is 3. The third-order valence-corrected chi connectivity index (χ3v) is 2.58. The highest BCUT2D eigenvalue weighted by Gasteiger charge is 2.12. The Morgan fingerprint density at radius 3 is 2.60 bits per heavy atom. The zero-order valence-electron chi connectivity index (χ0n) is 10.6. The Kier molecular flexibility index (Phi) is 3.74. The van der Waals surface area contributed by atoms with Gasteiger partial charge in [-0.25, -0.2) is 14.2 Å². The van der Waals surface area contributed by atoms with Gasteiger partial charge in [-0.1, -0.05) is 6.07 Å². The number of carbonyl (C=O) groups is 2. The number of nitrogens with zero attached hydrogens (tertiary/aromatic N) is 1. The van der Waals surface area contributed by atoms with Crippen LogP contribution >= 0.6 is 0 Å². The average molecular weight is 274 g/mol. The van der Waals surface area contributed by atoms with Crippen LogP contribution in [0.5, 0.6) is 0 Å². The molecule has 1 amide bonds. The van der Waals surface area contributed by atoms with Crippen LogP contribution < -0.4 is 5.32 Å². The first-order valence-electron chi connectivity index (χ1n) is 5.75. The molecule has 1 aromatic carbocycles. The maximum Gasteiger partial charge on any atom is 0.338 e. The fraction of sp³-hybridized carbons (Fsp3) is 0.0714. The van der Waals surface area contributed by atoms with Crippen molar-refractivity contribution in [3.8, 4) is 0 Å². The van der Waals surface area contributed by atoms with Crippen LogP contribution in [0.25, 0.3) is 0 Å². The van der Waals surface area contributed by atoms with Crippen LogP contribution in [0.15, 0.2) is 36.4 Å². The molecule has 0 radical (unpaired) electrons. The molecule has 0 bridgehead atoms. The lowest BCUT2D eigenvalue weighted by molar-refractivity contribution is 0.0692. The van der Waals surface area contributed by atoms with Gasteiger partial charge in [-0.05, 0) is 37.3 Å². The molecule has 0 atom stereocenters. The van der Waals surface area contributed by atoms with Crippen LogP contribution in [0.3, 0.4) is 0 Å². The van der Waals surface area contributed by atoms with Gasteiger partial charge in [0, 0.05) is 11.4 Å². The van der Waals surface area contributed by atoms with Crippen LogP contribution in [-0.2, 0) is 0 Å². The Morgan fingerprint density at radius 1 is 1.25 bits per heavy atom. The molecule has 0 fully saturated rings. The number of benzene rings is 1. The summed E-state index contributed by atoms with van der Waals surface area (Å²) in [4.78, 5) is 26.6. The molecule has 2 rings (SSSR count). The van der Waals surface area contributed by atoms with E-state index >= 15 is 0 Å². The van der Waals surface area contributed by atoms with Crippen molar-refractivity contribution in [1.29, 1.82) is 0 Å². The van der Waals surface area contributed by atoms with Crippen molar-refractivity contribution in [3.63, 3.8) is 0 Å². The lowest BCUT2D eigenvalue weighted by Gasteiger charge is -2.06.